The number of carboxylic acids is 2. The van der Waals surface area contributed by atoms with Crippen molar-refractivity contribution in [3.8, 4) is 22.9 Å². The monoisotopic (exact) mass is 1860 g/mol. The summed E-state index contributed by atoms with van der Waals surface area (Å²) in [7, 11) is 1.32. The van der Waals surface area contributed by atoms with Gasteiger partial charge in [0, 0.05) is 49.2 Å². The number of nitriles is 1. The van der Waals surface area contributed by atoms with Crippen LogP contribution in [0, 0.1) is 40.9 Å². The highest BCUT2D eigenvalue weighted by molar-refractivity contribution is 8.00. The van der Waals surface area contributed by atoms with Crippen LogP contribution in [0.4, 0.5) is 0 Å². The van der Waals surface area contributed by atoms with Crippen LogP contribution in [0.15, 0.2) is 109 Å². The van der Waals surface area contributed by atoms with Gasteiger partial charge in [-0.25, -0.2) is 0 Å². The summed E-state index contributed by atoms with van der Waals surface area (Å²) in [6.07, 6.45) is 0.697. The van der Waals surface area contributed by atoms with Crippen LogP contribution < -0.4 is 80.2 Å². The molecule has 1 aliphatic carbocycles. The Morgan fingerprint density at radius 1 is 0.526 bits per heavy atom. The Kier molecular flexibility index (Phi) is 42.1. The number of carbonyl (C=O) groups excluding carboxylic acids is 15. The second-order valence-electron chi connectivity index (χ2n) is 35.0. The Morgan fingerprint density at radius 3 is 1.56 bits per heavy atom. The number of carbonyl (C=O) groups is 17. The van der Waals surface area contributed by atoms with Crippen LogP contribution in [0.5, 0.6) is 5.75 Å². The third kappa shape index (κ3) is 33.0. The first kappa shape index (κ1) is 107. The van der Waals surface area contributed by atoms with Crippen LogP contribution in [0.1, 0.15) is 157 Å². The fraction of sp³-hybridized carbons (Fsp3) is 0.527. The van der Waals surface area contributed by atoms with Gasteiger partial charge in [0.05, 0.1) is 30.8 Å². The van der Waals surface area contributed by atoms with E-state index in [-0.39, 0.29) is 68.2 Å². The summed E-state index contributed by atoms with van der Waals surface area (Å²) < 4.78 is 0. The van der Waals surface area contributed by atoms with E-state index in [2.05, 4.69) is 79.4 Å². The summed E-state index contributed by atoms with van der Waals surface area (Å²) in [4.78, 5) is 250. The maximum absolute atomic E-state index is 15.4. The molecule has 15 amide bonds. The molecule has 4 aromatic carbocycles. The molecule has 0 bridgehead atoms. The Morgan fingerprint density at radius 2 is 1.00 bits per heavy atom. The molecule has 3 unspecified atom stereocenters. The molecule has 21 N–H and O–H groups in total. The number of aliphatic carboxylic acids is 2. The van der Waals surface area contributed by atoms with Crippen molar-refractivity contribution in [3.63, 3.8) is 0 Å². The number of benzene rings is 4. The summed E-state index contributed by atoms with van der Waals surface area (Å²) in [5.41, 5.74) is 9.56. The number of rotatable bonds is 24. The van der Waals surface area contributed by atoms with Gasteiger partial charge in [0.2, 0.25) is 88.6 Å². The van der Waals surface area contributed by atoms with Crippen molar-refractivity contribution in [3.05, 3.63) is 126 Å². The number of phenolic OH excluding ortho intramolecular Hbond substituents is 1. The number of thioether (sulfide) groups is 1. The number of nitrogens with one attached hydrogen (secondary N) is 15. The number of nitrogens with zero attached hydrogens (tertiary/aromatic N) is 2. The largest absolute Gasteiger partial charge is 0.508 e. The minimum atomic E-state index is -2.09. The smallest absolute Gasteiger partial charge is 0.322 e. The third-order valence-electron chi connectivity index (χ3n) is 23.4. The summed E-state index contributed by atoms with van der Waals surface area (Å²) >= 11 is 0.625. The molecule has 1 saturated heterocycles. The minimum Gasteiger partial charge on any atom is -0.508 e. The summed E-state index contributed by atoms with van der Waals surface area (Å²) in [6, 6.07) is 7.57. The SMILES string of the molecule is CCC(C)[C@@H]1NC(=O)[C@H](Cc2ccc(-c3ccccc3)cc2)NC(=O)[C@H](C(C)C)NC(=O)[C@H](Cc2c[nH]c3ccccc23)NC(=O)[C@H](CC(=O)O)NC(=O)[C@H](Cc2ccc(O)cc2)NC(=O)[C@H](CC#N)NC(=O)CSCC(C(=O)NCC(=O)O)NC(=O)[C@H](C(C)O)NC(=O)[C@H](C(C)C)NC(=O)[C@H](CC2CCCCC2)NC(=O)[C@H](CCN)NC(=O)[C@@H](CC(C)C)NC(=O)[C@H](C)N(C)C1=O. The Hall–Kier alpha value is -13.0. The van der Waals surface area contributed by atoms with E-state index in [1.165, 1.54) is 38.2 Å². The summed E-state index contributed by atoms with van der Waals surface area (Å²) in [6.45, 7) is 14.6. The van der Waals surface area contributed by atoms with Gasteiger partial charge < -0.3 is 110 Å². The van der Waals surface area contributed by atoms with Crippen molar-refractivity contribution in [1.29, 1.82) is 5.26 Å². The molecule has 7 rings (SSSR count). The molecule has 1 aliphatic heterocycles. The van der Waals surface area contributed by atoms with Crippen LogP contribution in [0.3, 0.4) is 0 Å². The number of phenols is 1. The van der Waals surface area contributed by atoms with Crippen LogP contribution in [-0.2, 0) is 101 Å². The second kappa shape index (κ2) is 52.3. The van der Waals surface area contributed by atoms with Crippen LogP contribution in [0.25, 0.3) is 22.0 Å². The fourth-order valence-electron chi connectivity index (χ4n) is 15.4. The van der Waals surface area contributed by atoms with Crippen LogP contribution >= 0.6 is 11.8 Å². The zero-order valence-corrected chi connectivity index (χ0v) is 77.6. The summed E-state index contributed by atoms with van der Waals surface area (Å²) in [5.74, 6) is -22.6. The van der Waals surface area contributed by atoms with Crippen molar-refractivity contribution in [2.75, 3.05) is 31.6 Å². The van der Waals surface area contributed by atoms with Crippen molar-refractivity contribution in [2.24, 2.45) is 35.3 Å². The molecular formula is C93H128N18O21S. The Balaban J connectivity index is 1.31. The van der Waals surface area contributed by atoms with Gasteiger partial charge in [-0.3, -0.25) is 81.5 Å². The van der Waals surface area contributed by atoms with E-state index >= 15 is 24.0 Å². The number of hydrogen-bond acceptors (Lipinski definition) is 22. The molecular weight excluding hydrogens is 1740 g/mol. The number of aromatic nitrogens is 1. The Bertz CT molecular complexity index is 4930. The van der Waals surface area contributed by atoms with Crippen molar-refractivity contribution < 1.29 is 102 Å². The molecule has 1 saturated carbocycles. The molecule has 5 aromatic rings. The molecule has 0 spiro atoms. The number of aliphatic hydroxyl groups excluding tert-OH is 1. The second-order valence-corrected chi connectivity index (χ2v) is 36.1. The molecule has 2 aliphatic rings. The van der Waals surface area contributed by atoms with Crippen molar-refractivity contribution >= 4 is 123 Å². The first-order valence-corrected chi connectivity index (χ1v) is 46.0. The van der Waals surface area contributed by atoms with Crippen LogP contribution in [0.2, 0.25) is 0 Å². The number of aromatic hydroxyl groups is 1. The Labute approximate surface area is 776 Å². The molecule has 16 atom stereocenters. The lowest BCUT2D eigenvalue weighted by atomic mass is 9.84. The van der Waals surface area contributed by atoms with E-state index in [0.29, 0.717) is 46.6 Å². The van der Waals surface area contributed by atoms with E-state index in [0.717, 1.165) is 42.2 Å². The molecule has 2 fully saturated rings. The predicted molar refractivity (Wildman–Crippen MR) is 492 cm³/mol. The quantitative estimate of drug-likeness (QED) is 0.0412. The van der Waals surface area contributed by atoms with Gasteiger partial charge in [-0.2, -0.15) is 5.26 Å². The first-order valence-electron chi connectivity index (χ1n) is 44.8. The molecule has 39 nitrogen and oxygen atoms in total. The summed E-state index contributed by atoms with van der Waals surface area (Å²) in [5, 5.41) is 88.0. The molecule has 0 radical (unpaired) electrons. The average Bonchev–Trinajstić information content (AvgIpc) is 1.72. The molecule has 2 heterocycles. The van der Waals surface area contributed by atoms with Crippen LogP contribution in [-0.4, -0.2) is 253 Å². The number of aromatic amines is 1. The first-order chi connectivity index (χ1) is 63.1. The lowest BCUT2D eigenvalue weighted by Gasteiger charge is -2.33. The fourth-order valence-corrected chi connectivity index (χ4v) is 16.3. The topological polar surface area (TPSA) is 608 Å². The van der Waals surface area contributed by atoms with E-state index < -0.39 is 246 Å². The maximum Gasteiger partial charge on any atom is 0.322 e. The number of amides is 15. The highest BCUT2D eigenvalue weighted by Gasteiger charge is 2.42. The number of H-pyrrole nitrogens is 1. The van der Waals surface area contributed by atoms with Gasteiger partial charge in [0.1, 0.15) is 96.9 Å². The number of nitrogens with two attached hydrogens (primary N) is 1. The molecule has 722 valence electrons. The van der Waals surface area contributed by atoms with Gasteiger partial charge in [-0.1, -0.05) is 179 Å². The van der Waals surface area contributed by atoms with Crippen molar-refractivity contribution in [2.45, 2.75) is 250 Å². The minimum absolute atomic E-state index is 0.0165. The lowest BCUT2D eigenvalue weighted by molar-refractivity contribution is -0.143. The maximum atomic E-state index is 15.4. The average molecular weight is 1870 g/mol. The van der Waals surface area contributed by atoms with E-state index in [1.807, 2.05) is 42.5 Å². The van der Waals surface area contributed by atoms with Gasteiger partial charge in [-0.15, -0.1) is 11.8 Å². The number of fused-ring (bicyclic) bond motifs is 1. The lowest BCUT2D eigenvalue weighted by Crippen LogP contribution is -2.62. The number of hydrogen-bond donors (Lipinski definition) is 20. The van der Waals surface area contributed by atoms with E-state index in [4.69, 9.17) is 5.73 Å². The number of aliphatic hydroxyl groups is 1. The van der Waals surface area contributed by atoms with Crippen molar-refractivity contribution in [1.82, 2.24) is 84.3 Å². The number of carboxylic acid groups (broad SMARTS) is 2. The van der Waals surface area contributed by atoms with Gasteiger partial charge >= 0.3 is 11.9 Å². The van der Waals surface area contributed by atoms with Gasteiger partial charge in [0.15, 0.2) is 0 Å². The zero-order chi connectivity index (χ0) is 98.0. The van der Waals surface area contributed by atoms with E-state index in [1.54, 1.807) is 104 Å². The van der Waals surface area contributed by atoms with E-state index in [9.17, 15) is 83.2 Å². The van der Waals surface area contributed by atoms with Gasteiger partial charge in [0.25, 0.3) is 0 Å². The standard InChI is InChI=1S/C93H128N18O21S/c1-12-52(8)78-93(132)111(11)53(9)80(119)100-66(39-49(2)3)84(123)99-65(36-38-95)83(122)102-68(40-55-21-15-13-16-22-55)87(126)108-77(51(6)7)91(130)110-79(54(10)112)92(131)106-72(81(120)97-46-75(117)118)47-133-48-73(114)98-64(35-37-94)82(121)101-67(42-57-29-33-61(113)34-30-57)85(124)104-71(44-74(115)116)86(125)103-70(43-60-45-96-63-26-20-19-25-62(60)63)89(128)107-76(50(4)5)90(129)105-69(88(127)109-78)41-56-27-31-59(32-28-56)58-23-17-14-18-24-58/h14,17-20,23-34,45,49-55,64-72,76-79,96,112-113H,12-13,15-16,21-22,35-36,38-44,46-48,95H2,1-11H3,(H,97,120)(H,98,114)(H,99,123)(H,100,119)(H,101,121)(H,102,122)(H,103,125)(H,104,124)(H,105,129)(H,106,131)(H,107,128)(H,108,126)(H,109,127)(H,110,130)(H,115,116)(H,117,118)/t52?,53-,54?,64-,65-,66+,67-,68-,69-,70-,71-,72?,76-,77-,78-,79-/m0/s1. The third-order valence-corrected chi connectivity index (χ3v) is 24.4. The van der Waals surface area contributed by atoms with Gasteiger partial charge in [-0.05, 0) is 115 Å². The predicted octanol–water partition coefficient (Wildman–Crippen LogP) is 1.16. The highest BCUT2D eigenvalue weighted by atomic mass is 32.2. The number of para-hydroxylation sites is 1. The molecule has 40 heteroatoms. The zero-order valence-electron chi connectivity index (χ0n) is 76.8. The molecule has 1 aromatic heterocycles. The molecule has 133 heavy (non-hydrogen) atoms. The highest BCUT2D eigenvalue weighted by Crippen LogP contribution is 2.29. The number of likely N-dealkylation sites (N-methyl/N-ethyl adjacent to an activating group) is 1. The normalized spacial score (nSPS) is 24.6.